The molecule has 0 spiro atoms. The minimum atomic E-state index is -4.01. The topological polar surface area (TPSA) is 181 Å². The maximum Gasteiger partial charge on any atom is 0.280 e. The van der Waals surface area contributed by atoms with Crippen LogP contribution in [0.1, 0.15) is 5.56 Å². The Balaban J connectivity index is 1.49. The highest BCUT2D eigenvalue weighted by Crippen LogP contribution is 2.38. The van der Waals surface area contributed by atoms with Gasteiger partial charge in [0.2, 0.25) is 22.5 Å². The number of benzene rings is 2. The van der Waals surface area contributed by atoms with Crippen LogP contribution in [0.15, 0.2) is 57.8 Å². The highest BCUT2D eigenvalue weighted by atomic mass is 32.2. The SMILES string of the molecule is O=C(C=Cc1cc2c(cc1[N+](=O)[O-])OCO2)Nc1ncc(S(=O)(=O)c2ccc([N+](=O)[O-])cc2)s1. The van der Waals surface area contributed by atoms with Gasteiger partial charge in [-0.15, -0.1) is 0 Å². The maximum absolute atomic E-state index is 12.7. The summed E-state index contributed by atoms with van der Waals surface area (Å²) < 4.78 is 35.5. The molecule has 0 bridgehead atoms. The van der Waals surface area contributed by atoms with Gasteiger partial charge < -0.3 is 9.47 Å². The molecule has 0 fully saturated rings. The second-order valence-electron chi connectivity index (χ2n) is 6.58. The van der Waals surface area contributed by atoms with E-state index in [0.29, 0.717) is 17.1 Å². The minimum absolute atomic E-state index is 0.0321. The van der Waals surface area contributed by atoms with E-state index >= 15 is 0 Å². The lowest BCUT2D eigenvalue weighted by atomic mass is 10.1. The van der Waals surface area contributed by atoms with Gasteiger partial charge in [0, 0.05) is 18.2 Å². The Hall–Kier alpha value is -4.37. The molecule has 1 aliphatic heterocycles. The van der Waals surface area contributed by atoms with Crippen molar-refractivity contribution in [3.8, 4) is 11.5 Å². The van der Waals surface area contributed by atoms with Crippen molar-refractivity contribution in [2.24, 2.45) is 0 Å². The number of aromatic nitrogens is 1. The van der Waals surface area contributed by atoms with Crippen LogP contribution in [0.3, 0.4) is 0 Å². The number of hydrogen-bond acceptors (Lipinski definition) is 11. The van der Waals surface area contributed by atoms with Crippen molar-refractivity contribution in [2.75, 3.05) is 12.1 Å². The summed E-state index contributed by atoms with van der Waals surface area (Å²) in [4.78, 5) is 36.7. The van der Waals surface area contributed by atoms with Crippen LogP contribution < -0.4 is 14.8 Å². The predicted octanol–water partition coefficient (Wildman–Crippen LogP) is 3.17. The van der Waals surface area contributed by atoms with Gasteiger partial charge in [-0.1, -0.05) is 11.3 Å². The number of fused-ring (bicyclic) bond motifs is 1. The molecule has 2 aromatic carbocycles. The normalized spacial score (nSPS) is 12.6. The molecule has 15 heteroatoms. The zero-order valence-electron chi connectivity index (χ0n) is 16.7. The van der Waals surface area contributed by atoms with Gasteiger partial charge in [-0.05, 0) is 24.3 Å². The van der Waals surface area contributed by atoms with E-state index < -0.39 is 25.6 Å². The smallest absolute Gasteiger partial charge is 0.280 e. The average Bonchev–Trinajstić information content (AvgIpc) is 3.46. The zero-order chi connectivity index (χ0) is 24.5. The van der Waals surface area contributed by atoms with Crippen molar-refractivity contribution in [1.82, 2.24) is 4.98 Å². The molecule has 1 amide bonds. The van der Waals surface area contributed by atoms with Crippen LogP contribution >= 0.6 is 11.3 Å². The summed E-state index contributed by atoms with van der Waals surface area (Å²) in [6.45, 7) is -0.0741. The fourth-order valence-corrected chi connectivity index (χ4v) is 5.29. The molecular formula is C19H12N4O9S2. The number of hydrogen-bond donors (Lipinski definition) is 1. The van der Waals surface area contributed by atoms with Crippen molar-refractivity contribution in [2.45, 2.75) is 9.10 Å². The van der Waals surface area contributed by atoms with Gasteiger partial charge in [-0.25, -0.2) is 13.4 Å². The zero-order valence-corrected chi connectivity index (χ0v) is 18.4. The van der Waals surface area contributed by atoms with Crippen molar-refractivity contribution >= 4 is 49.7 Å². The van der Waals surface area contributed by atoms with Gasteiger partial charge in [-0.3, -0.25) is 30.3 Å². The summed E-state index contributed by atoms with van der Waals surface area (Å²) in [5.41, 5.74) is -0.449. The first kappa shape index (κ1) is 22.8. The number of amides is 1. The molecule has 0 aliphatic carbocycles. The molecule has 13 nitrogen and oxygen atoms in total. The second-order valence-corrected chi connectivity index (χ2v) is 9.79. The lowest BCUT2D eigenvalue weighted by Crippen LogP contribution is -2.07. The molecule has 0 unspecified atom stereocenters. The summed E-state index contributed by atoms with van der Waals surface area (Å²) >= 11 is 0.676. The van der Waals surface area contributed by atoms with Crippen LogP contribution in [0.2, 0.25) is 0 Å². The molecule has 1 aliphatic rings. The molecule has 2 heterocycles. The predicted molar refractivity (Wildman–Crippen MR) is 118 cm³/mol. The fourth-order valence-electron chi connectivity index (χ4n) is 2.86. The number of nitrogens with one attached hydrogen (secondary N) is 1. The first-order valence-electron chi connectivity index (χ1n) is 9.17. The van der Waals surface area contributed by atoms with Crippen LogP contribution in [0.5, 0.6) is 11.5 Å². The summed E-state index contributed by atoms with van der Waals surface area (Å²) in [7, 11) is -4.01. The molecule has 1 N–H and O–H groups in total. The Morgan fingerprint density at radius 2 is 1.76 bits per heavy atom. The van der Waals surface area contributed by atoms with E-state index in [9.17, 15) is 33.4 Å². The lowest BCUT2D eigenvalue weighted by Gasteiger charge is -2.01. The number of sulfone groups is 1. The standard InChI is InChI=1S/C19H12N4O9S2/c24-17(6-1-11-7-15-16(32-10-31-15)8-14(11)23(27)28)21-19-20-9-18(33-19)34(29,30)13-4-2-12(3-5-13)22(25)26/h1-9H,10H2,(H,20,21,24). The molecule has 0 atom stereocenters. The molecule has 1 aromatic heterocycles. The van der Waals surface area contributed by atoms with Gasteiger partial charge >= 0.3 is 0 Å². The summed E-state index contributed by atoms with van der Waals surface area (Å²) in [6, 6.07) is 6.89. The van der Waals surface area contributed by atoms with Crippen molar-refractivity contribution in [1.29, 1.82) is 0 Å². The van der Waals surface area contributed by atoms with E-state index in [1.165, 1.54) is 18.2 Å². The van der Waals surface area contributed by atoms with Gasteiger partial charge in [0.15, 0.2) is 16.6 Å². The Morgan fingerprint density at radius 3 is 2.41 bits per heavy atom. The van der Waals surface area contributed by atoms with Crippen LogP contribution in [0.25, 0.3) is 6.08 Å². The second kappa shape index (κ2) is 8.87. The maximum atomic E-state index is 12.7. The van der Waals surface area contributed by atoms with E-state index in [4.69, 9.17) is 9.47 Å². The summed E-state index contributed by atoms with van der Waals surface area (Å²) in [5, 5.41) is 24.4. The number of thiazole rings is 1. The number of nitro benzene ring substituents is 2. The third-order valence-corrected chi connectivity index (χ3v) is 7.61. The Labute approximate surface area is 194 Å². The van der Waals surface area contributed by atoms with Crippen molar-refractivity contribution in [3.05, 3.63) is 74.5 Å². The summed E-state index contributed by atoms with van der Waals surface area (Å²) in [5.74, 6) is -0.190. The Morgan fingerprint density at radius 1 is 1.09 bits per heavy atom. The van der Waals surface area contributed by atoms with E-state index in [1.807, 2.05) is 0 Å². The Kier molecular flexibility index (Phi) is 5.95. The van der Waals surface area contributed by atoms with Crippen molar-refractivity contribution in [3.63, 3.8) is 0 Å². The van der Waals surface area contributed by atoms with Crippen LogP contribution in [-0.4, -0.2) is 35.9 Å². The third kappa shape index (κ3) is 4.55. The first-order valence-corrected chi connectivity index (χ1v) is 11.5. The molecule has 0 saturated carbocycles. The van der Waals surface area contributed by atoms with Gasteiger partial charge in [0.1, 0.15) is 4.21 Å². The lowest BCUT2D eigenvalue weighted by molar-refractivity contribution is -0.385. The van der Waals surface area contributed by atoms with Gasteiger partial charge in [0.05, 0.1) is 32.6 Å². The number of nitrogens with zero attached hydrogens (tertiary/aromatic N) is 3. The largest absolute Gasteiger partial charge is 0.454 e. The minimum Gasteiger partial charge on any atom is -0.454 e. The molecule has 0 saturated heterocycles. The van der Waals surface area contributed by atoms with Crippen molar-refractivity contribution < 1.29 is 32.5 Å². The third-order valence-electron chi connectivity index (χ3n) is 4.47. The molecule has 4 rings (SSSR count). The number of carbonyl (C=O) groups is 1. The molecular weight excluding hydrogens is 492 g/mol. The first-order chi connectivity index (χ1) is 16.1. The number of non-ortho nitro benzene ring substituents is 1. The molecule has 174 valence electrons. The van der Waals surface area contributed by atoms with Crippen LogP contribution in [-0.2, 0) is 14.6 Å². The number of rotatable bonds is 7. The fraction of sp³-hybridized carbons (Fsp3) is 0.0526. The number of ether oxygens (including phenoxy) is 2. The molecule has 34 heavy (non-hydrogen) atoms. The Bertz CT molecular complexity index is 1450. The van der Waals surface area contributed by atoms with E-state index in [-0.39, 0.29) is 43.7 Å². The molecule has 3 aromatic rings. The highest BCUT2D eigenvalue weighted by Gasteiger charge is 2.24. The van der Waals surface area contributed by atoms with Crippen LogP contribution in [0.4, 0.5) is 16.5 Å². The quantitative estimate of drug-likeness (QED) is 0.285. The van der Waals surface area contributed by atoms with Gasteiger partial charge in [0.25, 0.3) is 11.4 Å². The van der Waals surface area contributed by atoms with Crippen LogP contribution in [0, 0.1) is 20.2 Å². The molecule has 0 radical (unpaired) electrons. The summed E-state index contributed by atoms with van der Waals surface area (Å²) in [6.07, 6.45) is 3.28. The van der Waals surface area contributed by atoms with E-state index in [0.717, 1.165) is 36.5 Å². The monoisotopic (exact) mass is 504 g/mol. The highest BCUT2D eigenvalue weighted by molar-refractivity contribution is 7.93. The van der Waals surface area contributed by atoms with E-state index in [1.54, 1.807) is 0 Å². The van der Waals surface area contributed by atoms with Gasteiger partial charge in [-0.2, -0.15) is 0 Å². The number of nitro groups is 2. The average molecular weight is 504 g/mol. The number of anilines is 1. The number of carbonyl (C=O) groups excluding carboxylic acids is 1. The van der Waals surface area contributed by atoms with E-state index in [2.05, 4.69) is 10.3 Å².